The first kappa shape index (κ1) is 11.2. The molecule has 1 aromatic carbocycles. The first-order valence-corrected chi connectivity index (χ1v) is 7.22. The number of aromatic amines is 1. The number of nitrogens with one attached hydrogen (secondary N) is 1. The highest BCUT2D eigenvalue weighted by Gasteiger charge is 2.05. The average molecular weight is 325 g/mol. The van der Waals surface area contributed by atoms with Gasteiger partial charge in [-0.05, 0) is 41.9 Å². The van der Waals surface area contributed by atoms with E-state index in [-0.39, 0.29) is 0 Å². The van der Waals surface area contributed by atoms with Gasteiger partial charge < -0.3 is 9.55 Å². The normalized spacial score (nSPS) is 11.1. The molecule has 2 aromatic heterocycles. The average Bonchev–Trinajstić information content (AvgIpc) is 2.88. The number of benzene rings is 1. The smallest absolute Gasteiger partial charge is 0.178 e. The molecule has 1 N–H and O–H groups in total. The molecule has 0 atom stereocenters. The van der Waals surface area contributed by atoms with E-state index in [4.69, 9.17) is 12.2 Å². The van der Waals surface area contributed by atoms with E-state index >= 15 is 0 Å². The zero-order chi connectivity index (χ0) is 11.8. The van der Waals surface area contributed by atoms with Crippen LogP contribution in [0.5, 0.6) is 0 Å². The van der Waals surface area contributed by atoms with E-state index in [0.29, 0.717) is 0 Å². The number of hydrogen-bond acceptors (Lipinski definition) is 2. The maximum Gasteiger partial charge on any atom is 0.178 e. The minimum absolute atomic E-state index is 0.770. The van der Waals surface area contributed by atoms with Gasteiger partial charge in [0.15, 0.2) is 4.77 Å². The Balaban J connectivity index is 2.16. The first-order chi connectivity index (χ1) is 8.24. The minimum atomic E-state index is 0.770. The second-order valence-electron chi connectivity index (χ2n) is 3.76. The fraction of sp³-hybridized carbons (Fsp3) is 0.0833. The molecule has 0 spiro atoms. The van der Waals surface area contributed by atoms with Crippen molar-refractivity contribution in [1.82, 2.24) is 9.55 Å². The zero-order valence-electron chi connectivity index (χ0n) is 8.81. The van der Waals surface area contributed by atoms with Gasteiger partial charge in [0.25, 0.3) is 0 Å². The van der Waals surface area contributed by atoms with Gasteiger partial charge in [-0.2, -0.15) is 0 Å². The van der Waals surface area contributed by atoms with Gasteiger partial charge in [-0.3, -0.25) is 0 Å². The maximum atomic E-state index is 5.37. The van der Waals surface area contributed by atoms with E-state index in [1.165, 1.54) is 4.88 Å². The van der Waals surface area contributed by atoms with Crippen LogP contribution in [-0.4, -0.2) is 9.55 Å². The van der Waals surface area contributed by atoms with Crippen LogP contribution in [0.3, 0.4) is 0 Å². The number of fused-ring (bicyclic) bond motifs is 1. The molecule has 2 heterocycles. The zero-order valence-corrected chi connectivity index (χ0v) is 12.0. The second kappa shape index (κ2) is 4.40. The van der Waals surface area contributed by atoms with Crippen LogP contribution < -0.4 is 0 Å². The summed E-state index contributed by atoms with van der Waals surface area (Å²) in [6.45, 7) is 0.831. The molecule has 3 rings (SSSR count). The quantitative estimate of drug-likeness (QED) is 0.685. The highest BCUT2D eigenvalue weighted by molar-refractivity contribution is 9.10. The monoisotopic (exact) mass is 324 g/mol. The Hall–Kier alpha value is -0.910. The Morgan fingerprint density at radius 1 is 1.35 bits per heavy atom. The van der Waals surface area contributed by atoms with Crippen molar-refractivity contribution in [3.05, 3.63) is 49.8 Å². The van der Waals surface area contributed by atoms with E-state index in [1.807, 2.05) is 6.07 Å². The molecule has 0 amide bonds. The number of thiophene rings is 1. The van der Waals surface area contributed by atoms with Crippen molar-refractivity contribution in [2.45, 2.75) is 6.54 Å². The summed E-state index contributed by atoms with van der Waals surface area (Å²) in [5.41, 5.74) is 2.22. The van der Waals surface area contributed by atoms with Gasteiger partial charge in [0.1, 0.15) is 0 Å². The van der Waals surface area contributed by atoms with E-state index in [9.17, 15) is 0 Å². The molecule has 0 aliphatic rings. The van der Waals surface area contributed by atoms with Crippen molar-refractivity contribution < 1.29 is 0 Å². The molecule has 86 valence electrons. The van der Waals surface area contributed by atoms with Crippen molar-refractivity contribution in [2.75, 3.05) is 0 Å². The third kappa shape index (κ3) is 2.10. The van der Waals surface area contributed by atoms with Crippen molar-refractivity contribution in [3.63, 3.8) is 0 Å². The Kier molecular flexibility index (Phi) is 2.90. The molecule has 0 aliphatic heterocycles. The van der Waals surface area contributed by atoms with Crippen LogP contribution in [0, 0.1) is 4.77 Å². The summed E-state index contributed by atoms with van der Waals surface area (Å²) in [5.74, 6) is 0. The summed E-state index contributed by atoms with van der Waals surface area (Å²) in [6.07, 6.45) is 0. The number of aromatic nitrogens is 2. The number of hydrogen-bond donors (Lipinski definition) is 1. The Morgan fingerprint density at radius 2 is 2.24 bits per heavy atom. The van der Waals surface area contributed by atoms with Gasteiger partial charge in [0.2, 0.25) is 0 Å². The predicted molar refractivity (Wildman–Crippen MR) is 78.2 cm³/mol. The second-order valence-corrected chi connectivity index (χ2v) is 6.09. The van der Waals surface area contributed by atoms with E-state index < -0.39 is 0 Å². The summed E-state index contributed by atoms with van der Waals surface area (Å²) in [4.78, 5) is 4.54. The standard InChI is InChI=1S/C12H9BrN2S2/c13-8-3-4-11-10(6-8)14-12(16)15(11)7-9-2-1-5-17-9/h1-6H,7H2,(H,14,16). The van der Waals surface area contributed by atoms with Gasteiger partial charge in [-0.15, -0.1) is 11.3 Å². The fourth-order valence-electron chi connectivity index (χ4n) is 1.85. The van der Waals surface area contributed by atoms with Gasteiger partial charge >= 0.3 is 0 Å². The van der Waals surface area contributed by atoms with Crippen LogP contribution in [0.1, 0.15) is 4.88 Å². The molecule has 0 saturated heterocycles. The molecule has 3 aromatic rings. The molecule has 0 bridgehead atoms. The Morgan fingerprint density at radius 3 is 3.00 bits per heavy atom. The lowest BCUT2D eigenvalue weighted by Gasteiger charge is -2.02. The molecular formula is C12H9BrN2S2. The van der Waals surface area contributed by atoms with E-state index in [2.05, 4.69) is 55.1 Å². The minimum Gasteiger partial charge on any atom is -0.331 e. The van der Waals surface area contributed by atoms with Crippen molar-refractivity contribution in [1.29, 1.82) is 0 Å². The van der Waals surface area contributed by atoms with Gasteiger partial charge in [-0.1, -0.05) is 22.0 Å². The van der Waals surface area contributed by atoms with E-state index in [0.717, 1.165) is 26.8 Å². The Labute approximate surface area is 116 Å². The fourth-order valence-corrected chi connectivity index (χ4v) is 3.18. The van der Waals surface area contributed by atoms with Crippen molar-refractivity contribution >= 4 is 50.5 Å². The highest BCUT2D eigenvalue weighted by atomic mass is 79.9. The number of imidazole rings is 1. The molecule has 17 heavy (non-hydrogen) atoms. The lowest BCUT2D eigenvalue weighted by molar-refractivity contribution is 0.823. The number of nitrogens with zero attached hydrogens (tertiary/aromatic N) is 1. The van der Waals surface area contributed by atoms with Crippen LogP contribution in [-0.2, 0) is 6.54 Å². The largest absolute Gasteiger partial charge is 0.331 e. The van der Waals surface area contributed by atoms with Gasteiger partial charge in [0, 0.05) is 9.35 Å². The summed E-state index contributed by atoms with van der Waals surface area (Å²) >= 11 is 10.6. The van der Waals surface area contributed by atoms with Gasteiger partial charge in [-0.25, -0.2) is 0 Å². The molecule has 0 fully saturated rings. The first-order valence-electron chi connectivity index (χ1n) is 5.14. The SMILES string of the molecule is S=c1[nH]c2cc(Br)ccc2n1Cc1cccs1. The third-order valence-electron chi connectivity index (χ3n) is 2.63. The molecule has 5 heteroatoms. The predicted octanol–water partition coefficient (Wildman–Crippen LogP) is 4.57. The molecule has 0 aliphatic carbocycles. The summed E-state index contributed by atoms with van der Waals surface area (Å²) in [6, 6.07) is 10.4. The lowest BCUT2D eigenvalue weighted by Crippen LogP contribution is -1.97. The summed E-state index contributed by atoms with van der Waals surface area (Å²) in [7, 11) is 0. The Bertz CT molecular complexity index is 710. The molecule has 2 nitrogen and oxygen atoms in total. The van der Waals surface area contributed by atoms with Crippen LogP contribution in [0.25, 0.3) is 11.0 Å². The highest BCUT2D eigenvalue weighted by Crippen LogP contribution is 2.21. The number of H-pyrrole nitrogens is 1. The van der Waals surface area contributed by atoms with Crippen LogP contribution >= 0.6 is 39.5 Å². The molecule has 0 saturated carbocycles. The lowest BCUT2D eigenvalue weighted by atomic mass is 10.3. The molecular weight excluding hydrogens is 316 g/mol. The van der Waals surface area contributed by atoms with Crippen molar-refractivity contribution in [2.24, 2.45) is 0 Å². The molecule has 0 radical (unpaired) electrons. The van der Waals surface area contributed by atoms with Crippen molar-refractivity contribution in [3.8, 4) is 0 Å². The third-order valence-corrected chi connectivity index (χ3v) is 4.31. The summed E-state index contributed by atoms with van der Waals surface area (Å²) in [5, 5.41) is 2.09. The summed E-state index contributed by atoms with van der Waals surface area (Å²) < 4.78 is 3.96. The van der Waals surface area contributed by atoms with Crippen LogP contribution in [0.15, 0.2) is 40.2 Å². The maximum absolute atomic E-state index is 5.37. The van der Waals surface area contributed by atoms with Crippen LogP contribution in [0.2, 0.25) is 0 Å². The number of rotatable bonds is 2. The van der Waals surface area contributed by atoms with Crippen LogP contribution in [0.4, 0.5) is 0 Å². The number of halogens is 1. The topological polar surface area (TPSA) is 20.7 Å². The molecule has 0 unspecified atom stereocenters. The van der Waals surface area contributed by atoms with Gasteiger partial charge in [0.05, 0.1) is 17.6 Å². The van der Waals surface area contributed by atoms with E-state index in [1.54, 1.807) is 11.3 Å².